The first-order chi connectivity index (χ1) is 20.0. The van der Waals surface area contributed by atoms with Gasteiger partial charge in [-0.05, 0) is 0 Å². The molecule has 18 nitrogen and oxygen atoms in total. The molecule has 1 rings (SSSR count). The summed E-state index contributed by atoms with van der Waals surface area (Å²) in [5.41, 5.74) is 0. The molecule has 2 atom stereocenters. The van der Waals surface area contributed by atoms with Gasteiger partial charge in [0.2, 0.25) is 11.8 Å². The molecule has 0 radical (unpaired) electrons. The normalized spacial score (nSPS) is 18.9. The van der Waals surface area contributed by atoms with Gasteiger partial charge in [0, 0.05) is 26.2 Å². The fourth-order valence-corrected chi connectivity index (χ4v) is 3.59. The van der Waals surface area contributed by atoms with E-state index >= 15 is 0 Å². The van der Waals surface area contributed by atoms with E-state index in [4.69, 9.17) is 39.4 Å². The van der Waals surface area contributed by atoms with Crippen LogP contribution in [0.3, 0.4) is 0 Å². The Kier molecular flexibility index (Phi) is 18.6. The molecule has 1 heterocycles. The second kappa shape index (κ2) is 21.3. The summed E-state index contributed by atoms with van der Waals surface area (Å²) in [6.45, 7) is 2.52. The highest BCUT2D eigenvalue weighted by Crippen LogP contribution is 1.98. The first kappa shape index (κ1) is 36.6. The number of ether oxygens (including phenoxy) is 4. The van der Waals surface area contributed by atoms with Crippen molar-refractivity contribution in [1.29, 1.82) is 0 Å². The Morgan fingerprint density at radius 1 is 0.524 bits per heavy atom. The number of hydrogen-bond acceptors (Lipinski definition) is 12. The van der Waals surface area contributed by atoms with Crippen molar-refractivity contribution in [3.8, 4) is 0 Å². The summed E-state index contributed by atoms with van der Waals surface area (Å²) in [5, 5.41) is 40.4. The van der Waals surface area contributed by atoms with Crippen LogP contribution in [-0.4, -0.2) is 170 Å². The fraction of sp³-hybridized carbons (Fsp3) is 0.750. The number of hydrogen-bond donors (Lipinski definition) is 6. The van der Waals surface area contributed by atoms with Gasteiger partial charge in [-0.25, -0.2) is 9.59 Å². The highest BCUT2D eigenvalue weighted by molar-refractivity contribution is 5.88. The molecule has 1 aliphatic heterocycles. The number of nitrogens with zero attached hydrogens (tertiary/aromatic N) is 2. The minimum atomic E-state index is -1.55. The van der Waals surface area contributed by atoms with Gasteiger partial charge in [0.25, 0.3) is 0 Å². The Morgan fingerprint density at radius 2 is 0.810 bits per heavy atom. The lowest BCUT2D eigenvalue weighted by atomic mass is 10.2. The van der Waals surface area contributed by atoms with Crippen molar-refractivity contribution in [2.45, 2.75) is 24.9 Å². The largest absolute Gasteiger partial charge is 0.481 e. The molecule has 0 aromatic carbocycles. The first-order valence-corrected chi connectivity index (χ1v) is 13.2. The molecule has 240 valence electrons. The van der Waals surface area contributed by atoms with E-state index in [0.717, 1.165) is 0 Å². The average molecular weight is 609 g/mol. The molecule has 18 heteroatoms. The number of aliphatic carboxylic acids is 4. The van der Waals surface area contributed by atoms with Gasteiger partial charge >= 0.3 is 23.9 Å². The zero-order chi connectivity index (χ0) is 31.3. The standard InChI is InChI=1S/C24H40N4O14/c29-19(25-17(23(35)36)13-21(31)32)15-27-1-5-39-9-10-41-7-3-28(4-8-42-12-11-40-6-2-27)16-20(30)26-18(24(37)38)14-22(33)34/h17-18H,1-16H2,(H,25,29)(H,26,30)(H,31,32)(H,33,34)(H,35,36)(H,37,38)/t17-,18+. The van der Waals surface area contributed by atoms with Crippen LogP contribution in [0.15, 0.2) is 0 Å². The van der Waals surface area contributed by atoms with Gasteiger partial charge in [-0.15, -0.1) is 0 Å². The minimum absolute atomic E-state index is 0.198. The molecule has 0 saturated carbocycles. The van der Waals surface area contributed by atoms with Crippen LogP contribution in [0.5, 0.6) is 0 Å². The van der Waals surface area contributed by atoms with E-state index in [1.165, 1.54) is 0 Å². The molecule has 1 fully saturated rings. The quantitative estimate of drug-likeness (QED) is 0.127. The zero-order valence-corrected chi connectivity index (χ0v) is 23.2. The van der Waals surface area contributed by atoms with Crippen molar-refractivity contribution in [1.82, 2.24) is 20.4 Å². The summed E-state index contributed by atoms with van der Waals surface area (Å²) < 4.78 is 22.2. The van der Waals surface area contributed by atoms with Gasteiger partial charge < -0.3 is 50.0 Å². The SMILES string of the molecule is O=C(O)C[C@H](NC(=O)CN1CCOCCOCCN(CC(=O)N[C@H](CC(=O)O)C(=O)O)CCOCCOCC1)C(=O)O. The van der Waals surface area contributed by atoms with Gasteiger partial charge in [0.1, 0.15) is 12.1 Å². The molecule has 0 aromatic heterocycles. The fourth-order valence-electron chi connectivity index (χ4n) is 3.59. The lowest BCUT2D eigenvalue weighted by Crippen LogP contribution is -2.47. The summed E-state index contributed by atoms with van der Waals surface area (Å²) in [5.74, 6) is -6.93. The molecule has 0 unspecified atom stereocenters. The number of carbonyl (C=O) groups excluding carboxylic acids is 2. The average Bonchev–Trinajstić information content (AvgIpc) is 2.89. The molecule has 42 heavy (non-hydrogen) atoms. The van der Waals surface area contributed by atoms with Crippen LogP contribution >= 0.6 is 0 Å². The van der Waals surface area contributed by atoms with Crippen LogP contribution in [0.25, 0.3) is 0 Å². The molecule has 2 amide bonds. The molecule has 1 saturated heterocycles. The van der Waals surface area contributed by atoms with Gasteiger partial charge in [0.05, 0.1) is 78.8 Å². The second-order valence-electron chi connectivity index (χ2n) is 9.11. The topological polar surface area (TPSA) is 251 Å². The number of nitrogens with one attached hydrogen (secondary N) is 2. The predicted octanol–water partition coefficient (Wildman–Crippen LogP) is -3.24. The van der Waals surface area contributed by atoms with Crippen LogP contribution < -0.4 is 10.6 Å². The van der Waals surface area contributed by atoms with Crippen molar-refractivity contribution in [2.24, 2.45) is 0 Å². The van der Waals surface area contributed by atoms with Crippen molar-refractivity contribution in [2.75, 3.05) is 92.1 Å². The van der Waals surface area contributed by atoms with Crippen LogP contribution in [0.4, 0.5) is 0 Å². The molecule has 1 aliphatic rings. The van der Waals surface area contributed by atoms with Crippen molar-refractivity contribution in [3.63, 3.8) is 0 Å². The van der Waals surface area contributed by atoms with Crippen LogP contribution in [0.2, 0.25) is 0 Å². The lowest BCUT2D eigenvalue weighted by molar-refractivity contribution is -0.147. The Hall–Kier alpha value is -3.42. The summed E-state index contributed by atoms with van der Waals surface area (Å²) in [6.07, 6.45) is -1.51. The molecule has 0 spiro atoms. The third-order valence-corrected chi connectivity index (χ3v) is 5.71. The summed E-state index contributed by atoms with van der Waals surface area (Å²) in [4.78, 5) is 72.2. The van der Waals surface area contributed by atoms with E-state index in [1.807, 2.05) is 0 Å². The van der Waals surface area contributed by atoms with Gasteiger partial charge in [-0.2, -0.15) is 0 Å². The third kappa shape index (κ3) is 18.1. The number of rotatable bonds is 12. The highest BCUT2D eigenvalue weighted by Gasteiger charge is 2.25. The predicted molar refractivity (Wildman–Crippen MR) is 140 cm³/mol. The van der Waals surface area contributed by atoms with E-state index in [0.29, 0.717) is 26.2 Å². The number of carboxylic acid groups (broad SMARTS) is 4. The highest BCUT2D eigenvalue weighted by atomic mass is 16.5. The van der Waals surface area contributed by atoms with E-state index in [2.05, 4.69) is 10.6 Å². The molecule has 0 bridgehead atoms. The molecule has 0 aliphatic carbocycles. The number of carbonyl (C=O) groups is 6. The maximum absolute atomic E-state index is 12.3. The van der Waals surface area contributed by atoms with Crippen LogP contribution in [-0.2, 0) is 47.7 Å². The minimum Gasteiger partial charge on any atom is -0.481 e. The Balaban J connectivity index is 2.58. The maximum atomic E-state index is 12.3. The second-order valence-corrected chi connectivity index (χ2v) is 9.11. The van der Waals surface area contributed by atoms with E-state index < -0.39 is 60.6 Å². The molecule has 6 N–H and O–H groups in total. The van der Waals surface area contributed by atoms with Gasteiger partial charge in [-0.1, -0.05) is 0 Å². The third-order valence-electron chi connectivity index (χ3n) is 5.71. The lowest BCUT2D eigenvalue weighted by Gasteiger charge is -2.24. The Bertz CT molecular complexity index is 799. The Morgan fingerprint density at radius 3 is 1.05 bits per heavy atom. The molecular weight excluding hydrogens is 568 g/mol. The summed E-state index contributed by atoms with van der Waals surface area (Å²) >= 11 is 0. The maximum Gasteiger partial charge on any atom is 0.326 e. The van der Waals surface area contributed by atoms with Crippen molar-refractivity contribution >= 4 is 35.7 Å². The number of carboxylic acids is 4. The molecule has 0 aromatic rings. The molecular formula is C24H40N4O14. The Labute approximate surface area is 241 Å². The van der Waals surface area contributed by atoms with E-state index in [-0.39, 0.29) is 65.9 Å². The van der Waals surface area contributed by atoms with Crippen molar-refractivity contribution in [3.05, 3.63) is 0 Å². The van der Waals surface area contributed by atoms with E-state index in [1.54, 1.807) is 9.80 Å². The summed E-state index contributed by atoms with van der Waals surface area (Å²) in [6, 6.07) is -3.11. The van der Waals surface area contributed by atoms with E-state index in [9.17, 15) is 28.8 Å². The van der Waals surface area contributed by atoms with Crippen LogP contribution in [0, 0.1) is 0 Å². The number of amides is 2. The first-order valence-electron chi connectivity index (χ1n) is 13.2. The van der Waals surface area contributed by atoms with Crippen molar-refractivity contribution < 1.29 is 68.1 Å². The smallest absolute Gasteiger partial charge is 0.326 e. The summed E-state index contributed by atoms with van der Waals surface area (Å²) in [7, 11) is 0. The van der Waals surface area contributed by atoms with Gasteiger partial charge in [-0.3, -0.25) is 29.0 Å². The van der Waals surface area contributed by atoms with Gasteiger partial charge in [0.15, 0.2) is 0 Å². The zero-order valence-electron chi connectivity index (χ0n) is 23.2. The van der Waals surface area contributed by atoms with Crippen LogP contribution in [0.1, 0.15) is 12.8 Å². The monoisotopic (exact) mass is 608 g/mol.